The second-order valence-corrected chi connectivity index (χ2v) is 5.35. The number of halogens is 1. The zero-order valence-corrected chi connectivity index (χ0v) is 9.69. The van der Waals surface area contributed by atoms with E-state index in [1.165, 1.54) is 18.0 Å². The van der Waals surface area contributed by atoms with Gasteiger partial charge in [-0.05, 0) is 5.56 Å². The van der Waals surface area contributed by atoms with E-state index in [2.05, 4.69) is 31.2 Å². The first-order valence-corrected chi connectivity index (χ1v) is 6.74. The monoisotopic (exact) mass is 198 g/mol. The van der Waals surface area contributed by atoms with Crippen molar-refractivity contribution in [2.75, 3.05) is 0 Å². The van der Waals surface area contributed by atoms with Gasteiger partial charge in [-0.15, -0.1) is 11.6 Å². The Balaban J connectivity index is 2.60. The van der Waals surface area contributed by atoms with Crippen LogP contribution in [0, 0.1) is 0 Å². The maximum Gasteiger partial charge on any atom is 0.0547 e. The van der Waals surface area contributed by atoms with Crippen LogP contribution in [0.25, 0.3) is 0 Å². The third-order valence-electron chi connectivity index (χ3n) is 1.96. The third-order valence-corrected chi connectivity index (χ3v) is 4.35. The predicted octanol–water partition coefficient (Wildman–Crippen LogP) is 2.05. The summed E-state index contributed by atoms with van der Waals surface area (Å²) in [5.41, 5.74) is 1.26. The van der Waals surface area contributed by atoms with E-state index in [4.69, 9.17) is 11.6 Å². The summed E-state index contributed by atoms with van der Waals surface area (Å²) < 4.78 is 0. The average molecular weight is 199 g/mol. The van der Waals surface area contributed by atoms with Gasteiger partial charge in [-0.2, -0.15) is 0 Å². The van der Waals surface area contributed by atoms with Gasteiger partial charge in [0.2, 0.25) is 0 Å². The smallest absolute Gasteiger partial charge is 0.0547 e. The Morgan fingerprint density at radius 3 is 2.92 bits per heavy atom. The standard InChI is InChI=1S/C10H15ClSi/c1-2-6-12-10-5-3-4-9(7-10)8-11/h3-5,7H,2,6,8,12H2,1H3. The summed E-state index contributed by atoms with van der Waals surface area (Å²) in [6.45, 7) is 2.25. The first-order valence-electron chi connectivity index (χ1n) is 4.50. The summed E-state index contributed by atoms with van der Waals surface area (Å²) in [6.07, 6.45) is 1.32. The zero-order chi connectivity index (χ0) is 8.81. The van der Waals surface area contributed by atoms with E-state index in [1.807, 2.05) is 0 Å². The molecule has 0 aromatic heterocycles. The molecular formula is C10H15ClSi. The molecule has 0 amide bonds. The van der Waals surface area contributed by atoms with Crippen LogP contribution in [0.4, 0.5) is 0 Å². The summed E-state index contributed by atoms with van der Waals surface area (Å²) in [7, 11) is -0.000787. The van der Waals surface area contributed by atoms with Crippen molar-refractivity contribution in [1.29, 1.82) is 0 Å². The molecule has 0 N–H and O–H groups in total. The van der Waals surface area contributed by atoms with Gasteiger partial charge in [0.15, 0.2) is 0 Å². The van der Waals surface area contributed by atoms with Gasteiger partial charge < -0.3 is 0 Å². The Bertz CT molecular complexity index is 235. The molecule has 0 nitrogen and oxygen atoms in total. The van der Waals surface area contributed by atoms with Crippen LogP contribution in [0.2, 0.25) is 6.04 Å². The highest BCUT2D eigenvalue weighted by molar-refractivity contribution is 6.53. The van der Waals surface area contributed by atoms with E-state index >= 15 is 0 Å². The van der Waals surface area contributed by atoms with E-state index < -0.39 is 0 Å². The highest BCUT2D eigenvalue weighted by Crippen LogP contribution is 2.00. The van der Waals surface area contributed by atoms with E-state index in [0.29, 0.717) is 5.88 Å². The predicted molar refractivity (Wildman–Crippen MR) is 59.3 cm³/mol. The molecule has 0 radical (unpaired) electrons. The summed E-state index contributed by atoms with van der Waals surface area (Å²) >= 11 is 5.75. The van der Waals surface area contributed by atoms with Gasteiger partial charge in [0.05, 0.1) is 9.52 Å². The number of hydrogen-bond donors (Lipinski definition) is 0. The molecule has 66 valence electrons. The van der Waals surface area contributed by atoms with Gasteiger partial charge >= 0.3 is 0 Å². The van der Waals surface area contributed by atoms with Crippen LogP contribution in [-0.2, 0) is 5.88 Å². The van der Waals surface area contributed by atoms with Crippen molar-refractivity contribution >= 4 is 26.3 Å². The van der Waals surface area contributed by atoms with Crippen molar-refractivity contribution in [2.45, 2.75) is 25.3 Å². The molecule has 0 fully saturated rings. The van der Waals surface area contributed by atoms with Crippen molar-refractivity contribution in [3.05, 3.63) is 29.8 Å². The molecule has 0 spiro atoms. The number of hydrogen-bond acceptors (Lipinski definition) is 0. The Morgan fingerprint density at radius 1 is 1.42 bits per heavy atom. The van der Waals surface area contributed by atoms with E-state index in [0.717, 1.165) is 0 Å². The van der Waals surface area contributed by atoms with Crippen LogP contribution in [-0.4, -0.2) is 9.52 Å². The highest BCUT2D eigenvalue weighted by Gasteiger charge is 1.94. The minimum Gasteiger partial charge on any atom is -0.122 e. The summed E-state index contributed by atoms with van der Waals surface area (Å²) in [6, 6.07) is 10.1. The minimum absolute atomic E-state index is 0.000787. The Kier molecular flexibility index (Phi) is 4.40. The van der Waals surface area contributed by atoms with Gasteiger partial charge in [0, 0.05) is 5.88 Å². The molecular weight excluding hydrogens is 184 g/mol. The van der Waals surface area contributed by atoms with Gasteiger partial charge in [-0.25, -0.2) is 0 Å². The zero-order valence-electron chi connectivity index (χ0n) is 7.52. The second kappa shape index (κ2) is 5.39. The van der Waals surface area contributed by atoms with Crippen LogP contribution in [0.15, 0.2) is 24.3 Å². The fourth-order valence-electron chi connectivity index (χ4n) is 1.25. The van der Waals surface area contributed by atoms with Crippen molar-refractivity contribution in [1.82, 2.24) is 0 Å². The number of benzene rings is 1. The maximum atomic E-state index is 5.75. The molecule has 0 unspecified atom stereocenters. The molecule has 0 bridgehead atoms. The van der Waals surface area contributed by atoms with Gasteiger partial charge in [0.1, 0.15) is 0 Å². The highest BCUT2D eigenvalue weighted by atomic mass is 35.5. The molecule has 0 atom stereocenters. The molecule has 2 heteroatoms. The second-order valence-electron chi connectivity index (χ2n) is 3.06. The molecule has 0 aliphatic rings. The van der Waals surface area contributed by atoms with Crippen LogP contribution in [0.1, 0.15) is 18.9 Å². The molecule has 0 saturated heterocycles. The quantitative estimate of drug-likeness (QED) is 0.513. The molecule has 0 saturated carbocycles. The summed E-state index contributed by atoms with van der Waals surface area (Å²) in [5, 5.41) is 1.55. The average Bonchev–Trinajstić information content (AvgIpc) is 2.15. The third kappa shape index (κ3) is 3.00. The molecule has 0 aliphatic carbocycles. The number of rotatable bonds is 4. The fourth-order valence-corrected chi connectivity index (χ4v) is 2.89. The van der Waals surface area contributed by atoms with Crippen molar-refractivity contribution in [3.8, 4) is 0 Å². The van der Waals surface area contributed by atoms with E-state index in [9.17, 15) is 0 Å². The van der Waals surface area contributed by atoms with Crippen molar-refractivity contribution < 1.29 is 0 Å². The van der Waals surface area contributed by atoms with Crippen molar-refractivity contribution in [3.63, 3.8) is 0 Å². The fraction of sp³-hybridized carbons (Fsp3) is 0.400. The normalized spacial score (nSPS) is 11.2. The van der Waals surface area contributed by atoms with Crippen LogP contribution >= 0.6 is 11.6 Å². The molecule has 1 rings (SSSR count). The molecule has 12 heavy (non-hydrogen) atoms. The molecule has 1 aromatic carbocycles. The van der Waals surface area contributed by atoms with E-state index in [-0.39, 0.29) is 9.52 Å². The minimum atomic E-state index is -0.000787. The molecule has 0 heterocycles. The first-order chi connectivity index (χ1) is 5.86. The lowest BCUT2D eigenvalue weighted by molar-refractivity contribution is 1.08. The lowest BCUT2D eigenvalue weighted by atomic mass is 10.2. The molecule has 0 aliphatic heterocycles. The topological polar surface area (TPSA) is 0 Å². The number of alkyl halides is 1. The van der Waals surface area contributed by atoms with E-state index in [1.54, 1.807) is 5.19 Å². The first kappa shape index (κ1) is 9.81. The summed E-state index contributed by atoms with van der Waals surface area (Å²) in [5.74, 6) is 0.647. The van der Waals surface area contributed by atoms with Crippen molar-refractivity contribution in [2.24, 2.45) is 0 Å². The largest absolute Gasteiger partial charge is 0.122 e. The van der Waals surface area contributed by atoms with Gasteiger partial charge in [0.25, 0.3) is 0 Å². The Hall–Kier alpha value is -0.273. The molecule has 1 aromatic rings. The van der Waals surface area contributed by atoms with Crippen LogP contribution < -0.4 is 5.19 Å². The Morgan fingerprint density at radius 2 is 2.25 bits per heavy atom. The van der Waals surface area contributed by atoms with Gasteiger partial charge in [-0.3, -0.25) is 0 Å². The van der Waals surface area contributed by atoms with Crippen LogP contribution in [0.3, 0.4) is 0 Å². The van der Waals surface area contributed by atoms with Crippen LogP contribution in [0.5, 0.6) is 0 Å². The van der Waals surface area contributed by atoms with Gasteiger partial charge in [-0.1, -0.05) is 48.8 Å². The Labute approximate surface area is 81.8 Å². The maximum absolute atomic E-state index is 5.75. The SMILES string of the molecule is CCC[SiH2]c1cccc(CCl)c1. The lowest BCUT2D eigenvalue weighted by Gasteiger charge is -2.00. The lowest BCUT2D eigenvalue weighted by Crippen LogP contribution is -2.13. The summed E-state index contributed by atoms with van der Waals surface area (Å²) in [4.78, 5) is 0.